The fourth-order valence-electron chi connectivity index (χ4n) is 3.60. The number of hydrogen-bond acceptors (Lipinski definition) is 7. The predicted octanol–water partition coefficient (Wildman–Crippen LogP) is 4.72. The summed E-state index contributed by atoms with van der Waals surface area (Å²) in [5.74, 6) is 2.26. The molecular formula is C23H24N4O3. The maximum Gasteiger partial charge on any atom is 0.141 e. The zero-order chi connectivity index (χ0) is 21.3. The van der Waals surface area contributed by atoms with Crippen LogP contribution in [0.5, 0.6) is 11.5 Å². The number of pyridine rings is 1. The van der Waals surface area contributed by atoms with Crippen molar-refractivity contribution in [3.63, 3.8) is 0 Å². The highest BCUT2D eigenvalue weighted by Gasteiger charge is 2.19. The lowest BCUT2D eigenvalue weighted by Crippen LogP contribution is -2.04. The number of aromatic nitrogens is 2. The number of rotatable bonds is 6. The van der Waals surface area contributed by atoms with Crippen molar-refractivity contribution in [2.24, 2.45) is 0 Å². The van der Waals surface area contributed by atoms with Crippen LogP contribution in [0.3, 0.4) is 0 Å². The summed E-state index contributed by atoms with van der Waals surface area (Å²) >= 11 is 0. The van der Waals surface area contributed by atoms with E-state index in [0.29, 0.717) is 18.0 Å². The van der Waals surface area contributed by atoms with Crippen molar-refractivity contribution >= 4 is 22.3 Å². The van der Waals surface area contributed by atoms with Crippen LogP contribution in [0.15, 0.2) is 47.1 Å². The summed E-state index contributed by atoms with van der Waals surface area (Å²) in [6.45, 7) is 4.41. The van der Waals surface area contributed by atoms with E-state index in [9.17, 15) is 0 Å². The minimum absolute atomic E-state index is 0.572. The van der Waals surface area contributed by atoms with Gasteiger partial charge in [-0.1, -0.05) is 17.3 Å². The number of aryl methyl sites for hydroxylation is 2. The Hall–Kier alpha value is -3.74. The lowest BCUT2D eigenvalue weighted by molar-refractivity contribution is 0.393. The lowest BCUT2D eigenvalue weighted by Gasteiger charge is -2.15. The fourth-order valence-corrected chi connectivity index (χ4v) is 3.60. The average molecular weight is 404 g/mol. The third-order valence-corrected chi connectivity index (χ3v) is 5.15. The maximum atomic E-state index is 6.26. The van der Waals surface area contributed by atoms with E-state index in [2.05, 4.69) is 15.5 Å². The molecule has 4 rings (SSSR count). The van der Waals surface area contributed by atoms with Crippen molar-refractivity contribution < 1.29 is 14.0 Å². The molecular weight excluding hydrogens is 380 g/mol. The number of anilines is 2. The molecule has 0 spiro atoms. The minimum Gasteiger partial charge on any atom is -0.497 e. The molecule has 0 aliphatic carbocycles. The van der Waals surface area contributed by atoms with Crippen LogP contribution in [0, 0.1) is 13.8 Å². The maximum absolute atomic E-state index is 6.26. The predicted molar refractivity (Wildman–Crippen MR) is 118 cm³/mol. The van der Waals surface area contributed by atoms with Crippen molar-refractivity contribution in [3.8, 4) is 22.6 Å². The number of methoxy groups -OCH3 is 2. The van der Waals surface area contributed by atoms with Crippen molar-refractivity contribution in [1.29, 1.82) is 0 Å². The Morgan fingerprint density at radius 3 is 2.47 bits per heavy atom. The topological polar surface area (TPSA) is 95.4 Å². The van der Waals surface area contributed by atoms with Crippen LogP contribution < -0.4 is 20.5 Å². The number of benzene rings is 2. The number of nitrogens with two attached hydrogens (primary N) is 1. The first-order valence-electron chi connectivity index (χ1n) is 9.58. The van der Waals surface area contributed by atoms with Gasteiger partial charge < -0.3 is 25.0 Å². The van der Waals surface area contributed by atoms with Gasteiger partial charge in [-0.25, -0.2) is 0 Å². The molecule has 154 valence electrons. The molecule has 4 aromatic rings. The van der Waals surface area contributed by atoms with Crippen molar-refractivity contribution in [2.45, 2.75) is 20.4 Å². The lowest BCUT2D eigenvalue weighted by atomic mass is 10.00. The molecule has 2 heterocycles. The summed E-state index contributed by atoms with van der Waals surface area (Å²) in [5, 5.41) is 8.39. The van der Waals surface area contributed by atoms with Gasteiger partial charge in [0.1, 0.15) is 17.3 Å². The zero-order valence-corrected chi connectivity index (χ0v) is 17.4. The molecule has 0 unspecified atom stereocenters. The number of ether oxygens (including phenoxy) is 2. The molecule has 0 saturated heterocycles. The van der Waals surface area contributed by atoms with E-state index < -0.39 is 0 Å². The zero-order valence-electron chi connectivity index (χ0n) is 17.4. The highest BCUT2D eigenvalue weighted by Crippen LogP contribution is 2.40. The second kappa shape index (κ2) is 7.94. The van der Waals surface area contributed by atoms with Crippen LogP contribution in [0.4, 0.5) is 11.4 Å². The van der Waals surface area contributed by atoms with E-state index in [0.717, 1.165) is 50.5 Å². The molecule has 3 N–H and O–H groups in total. The highest BCUT2D eigenvalue weighted by molar-refractivity contribution is 6.00. The summed E-state index contributed by atoms with van der Waals surface area (Å²) in [5.41, 5.74) is 12.2. The smallest absolute Gasteiger partial charge is 0.141 e. The second-order valence-electron chi connectivity index (χ2n) is 7.06. The molecule has 0 amide bonds. The summed E-state index contributed by atoms with van der Waals surface area (Å²) in [6.07, 6.45) is 1.67. The number of nitrogens with one attached hydrogen (secondary N) is 1. The molecule has 0 saturated carbocycles. The summed E-state index contributed by atoms with van der Waals surface area (Å²) in [6, 6.07) is 11.8. The van der Waals surface area contributed by atoms with Gasteiger partial charge in [-0.15, -0.1) is 0 Å². The largest absolute Gasteiger partial charge is 0.497 e. The Morgan fingerprint density at radius 1 is 1.07 bits per heavy atom. The fraction of sp³-hybridized carbons (Fsp3) is 0.217. The Kier molecular flexibility index (Phi) is 5.18. The molecule has 2 aromatic heterocycles. The Balaban J connectivity index is 1.75. The van der Waals surface area contributed by atoms with E-state index in [4.69, 9.17) is 19.7 Å². The van der Waals surface area contributed by atoms with Crippen molar-refractivity contribution in [2.75, 3.05) is 25.3 Å². The Bertz CT molecular complexity index is 1180. The van der Waals surface area contributed by atoms with E-state index in [1.807, 2.05) is 50.2 Å². The van der Waals surface area contributed by atoms with Crippen LogP contribution in [-0.4, -0.2) is 24.4 Å². The van der Waals surface area contributed by atoms with E-state index in [1.165, 1.54) is 0 Å². The van der Waals surface area contributed by atoms with Gasteiger partial charge in [0, 0.05) is 17.5 Å². The van der Waals surface area contributed by atoms with E-state index in [1.54, 1.807) is 20.4 Å². The highest BCUT2D eigenvalue weighted by atomic mass is 16.5. The monoisotopic (exact) mass is 404 g/mol. The van der Waals surface area contributed by atoms with Crippen molar-refractivity contribution in [3.05, 3.63) is 59.6 Å². The number of fused-ring (bicyclic) bond motifs is 1. The molecule has 0 radical (unpaired) electrons. The standard InChI is InChI=1S/C23H24N4O3/c1-13-22(14(2)30-27-13)18-9-20-17(10-21(18)29-4)23(19(24)12-25-20)26-11-15-5-7-16(28-3)8-6-15/h5-10,12H,11,24H2,1-4H3,(H,25,26). The minimum atomic E-state index is 0.572. The summed E-state index contributed by atoms with van der Waals surface area (Å²) in [7, 11) is 3.30. The second-order valence-corrected chi connectivity index (χ2v) is 7.06. The van der Waals surface area contributed by atoms with Gasteiger partial charge in [-0.05, 0) is 43.7 Å². The number of nitrogen functional groups attached to an aromatic ring is 1. The molecule has 0 atom stereocenters. The Labute approximate surface area is 174 Å². The van der Waals surface area contributed by atoms with E-state index >= 15 is 0 Å². The molecule has 0 aliphatic rings. The van der Waals surface area contributed by atoms with Gasteiger partial charge in [0.05, 0.1) is 48.6 Å². The van der Waals surface area contributed by atoms with Gasteiger partial charge in [-0.3, -0.25) is 4.98 Å². The SMILES string of the molecule is COc1ccc(CNc2c(N)cnc3cc(-c4c(C)noc4C)c(OC)cc23)cc1. The van der Waals surface area contributed by atoms with Gasteiger partial charge in [0.25, 0.3) is 0 Å². The van der Waals surface area contributed by atoms with Gasteiger partial charge in [-0.2, -0.15) is 0 Å². The quantitative estimate of drug-likeness (QED) is 0.480. The number of hydrogen-bond donors (Lipinski definition) is 2. The summed E-state index contributed by atoms with van der Waals surface area (Å²) in [4.78, 5) is 4.54. The Morgan fingerprint density at radius 2 is 1.83 bits per heavy atom. The molecule has 0 bridgehead atoms. The first kappa shape index (κ1) is 19.6. The first-order chi connectivity index (χ1) is 14.5. The van der Waals surface area contributed by atoms with Crippen molar-refractivity contribution in [1.82, 2.24) is 10.1 Å². The van der Waals surface area contributed by atoms with Crippen LogP contribution in [-0.2, 0) is 6.54 Å². The van der Waals surface area contributed by atoms with Gasteiger partial charge in [0.15, 0.2) is 0 Å². The van der Waals surface area contributed by atoms with Crippen LogP contribution in [0.2, 0.25) is 0 Å². The molecule has 30 heavy (non-hydrogen) atoms. The molecule has 0 fully saturated rings. The van der Waals surface area contributed by atoms with Crippen LogP contribution in [0.25, 0.3) is 22.0 Å². The first-order valence-corrected chi connectivity index (χ1v) is 9.58. The number of nitrogens with zero attached hydrogens (tertiary/aromatic N) is 2. The van der Waals surface area contributed by atoms with Gasteiger partial charge in [0.2, 0.25) is 0 Å². The normalized spacial score (nSPS) is 10.9. The molecule has 0 aliphatic heterocycles. The summed E-state index contributed by atoms with van der Waals surface area (Å²) < 4.78 is 16.3. The molecule has 7 nitrogen and oxygen atoms in total. The van der Waals surface area contributed by atoms with Crippen LogP contribution in [0.1, 0.15) is 17.0 Å². The van der Waals surface area contributed by atoms with Crippen LogP contribution >= 0.6 is 0 Å². The third-order valence-electron chi connectivity index (χ3n) is 5.15. The molecule has 7 heteroatoms. The third kappa shape index (κ3) is 3.50. The van der Waals surface area contributed by atoms with E-state index in [-0.39, 0.29) is 0 Å². The average Bonchev–Trinajstić information content (AvgIpc) is 3.10. The van der Waals surface area contributed by atoms with Gasteiger partial charge >= 0.3 is 0 Å². The molecule has 2 aromatic carbocycles.